The molecule has 0 aliphatic carbocycles. The second-order valence-corrected chi connectivity index (χ2v) is 14.1. The van der Waals surface area contributed by atoms with Gasteiger partial charge in [-0.25, -0.2) is 17.2 Å². The highest BCUT2D eigenvalue weighted by molar-refractivity contribution is 7.89. The molecule has 2 aromatic heterocycles. The smallest absolute Gasteiger partial charge is 0.158 e. The Labute approximate surface area is 292 Å². The van der Waals surface area contributed by atoms with Gasteiger partial charge in [0.05, 0.1) is 35.8 Å². The number of benzene rings is 4. The van der Waals surface area contributed by atoms with E-state index in [1.165, 1.54) is 38.5 Å². The largest absolute Gasteiger partial charge is 0.495 e. The highest BCUT2D eigenvalue weighted by Gasteiger charge is 2.20. The Morgan fingerprint density at radius 2 is 0.959 bits per heavy atom. The van der Waals surface area contributed by atoms with Crippen molar-refractivity contribution in [1.82, 2.24) is 9.97 Å². The van der Waals surface area contributed by atoms with Crippen LogP contribution in [-0.4, -0.2) is 32.6 Å². The Morgan fingerprint density at radius 3 is 1.35 bits per heavy atom. The molecule has 0 radical (unpaired) electrons. The number of pyridine rings is 2. The van der Waals surface area contributed by atoms with E-state index in [9.17, 15) is 8.42 Å². The zero-order valence-corrected chi connectivity index (χ0v) is 28.6. The third-order valence-electron chi connectivity index (χ3n) is 8.05. The van der Waals surface area contributed by atoms with Crippen LogP contribution < -0.4 is 9.47 Å². The van der Waals surface area contributed by atoms with E-state index < -0.39 is 33.0 Å². The number of aromatic nitrogens is 2. The molecule has 0 saturated heterocycles. The van der Waals surface area contributed by atoms with E-state index in [0.29, 0.717) is 43.8 Å². The van der Waals surface area contributed by atoms with Gasteiger partial charge in [0.2, 0.25) is 0 Å². The molecule has 0 amide bonds. The van der Waals surface area contributed by atoms with Gasteiger partial charge in [-0.2, -0.15) is 0 Å². The van der Waals surface area contributed by atoms with Gasteiger partial charge >= 0.3 is 0 Å². The number of halogens is 4. The second kappa shape index (κ2) is 14.3. The maximum Gasteiger partial charge on any atom is 0.158 e. The minimum absolute atomic E-state index is 0.0298. The fourth-order valence-electron chi connectivity index (χ4n) is 5.60. The minimum atomic E-state index is -3.97. The lowest BCUT2D eigenvalue weighted by atomic mass is 9.95. The van der Waals surface area contributed by atoms with E-state index >= 15 is 8.78 Å². The first-order chi connectivity index (χ1) is 23.6. The van der Waals surface area contributed by atoms with Crippen LogP contribution in [-0.2, 0) is 21.3 Å². The lowest BCUT2D eigenvalue weighted by Crippen LogP contribution is -2.10. The summed E-state index contributed by atoms with van der Waals surface area (Å²) < 4.78 is 68.1. The molecule has 0 atom stereocenters. The lowest BCUT2D eigenvalue weighted by molar-refractivity contribution is 0.415. The molecule has 0 spiro atoms. The Hall–Kier alpha value is -4.83. The van der Waals surface area contributed by atoms with Crippen LogP contribution in [0.1, 0.15) is 11.1 Å². The van der Waals surface area contributed by atoms with E-state index in [-0.39, 0.29) is 11.1 Å². The van der Waals surface area contributed by atoms with E-state index in [1.54, 1.807) is 73.3 Å². The molecule has 6 aromatic rings. The Bertz CT molecular complexity index is 2150. The highest BCUT2D eigenvalue weighted by Crippen LogP contribution is 2.38. The number of rotatable bonds is 10. The van der Waals surface area contributed by atoms with Crippen LogP contribution in [0.4, 0.5) is 8.78 Å². The van der Waals surface area contributed by atoms with Crippen molar-refractivity contribution in [2.45, 2.75) is 11.5 Å². The van der Waals surface area contributed by atoms with Crippen LogP contribution in [0.5, 0.6) is 11.5 Å². The summed E-state index contributed by atoms with van der Waals surface area (Å²) in [5, 5.41) is 0.903. The first kappa shape index (κ1) is 34.0. The minimum Gasteiger partial charge on any atom is -0.495 e. The monoisotopic (exact) mass is 716 g/mol. The molecule has 4 aromatic carbocycles. The molecule has 49 heavy (non-hydrogen) atoms. The molecule has 0 aliphatic heterocycles. The van der Waals surface area contributed by atoms with Gasteiger partial charge in [0.15, 0.2) is 9.84 Å². The molecular weight excluding hydrogens is 689 g/mol. The number of hydrogen-bond acceptors (Lipinski definition) is 6. The van der Waals surface area contributed by atoms with E-state index in [2.05, 4.69) is 9.97 Å². The zero-order chi connectivity index (χ0) is 34.7. The Balaban J connectivity index is 1.23. The lowest BCUT2D eigenvalue weighted by Gasteiger charge is -2.14. The van der Waals surface area contributed by atoms with Gasteiger partial charge in [0.25, 0.3) is 0 Å². The van der Waals surface area contributed by atoms with Crippen LogP contribution in [0.2, 0.25) is 10.0 Å². The molecule has 0 aliphatic rings. The SMILES string of the molecule is COc1cc(-c2ccncc2-c2ccc(CS(=O)(=O)Cc3ccc(-c4cnccc4-c4ccc(Cl)c(OC)c4)cc3F)c(F)c2)ccc1Cl. The van der Waals surface area contributed by atoms with Crippen LogP contribution in [0, 0.1) is 11.6 Å². The molecule has 2 heterocycles. The fraction of sp³-hybridized carbons (Fsp3) is 0.105. The summed E-state index contributed by atoms with van der Waals surface area (Å²) in [4.78, 5) is 8.41. The average molecular weight is 718 g/mol. The molecule has 0 N–H and O–H groups in total. The van der Waals surface area contributed by atoms with Crippen molar-refractivity contribution in [1.29, 1.82) is 0 Å². The molecule has 248 valence electrons. The third kappa shape index (κ3) is 7.44. The van der Waals surface area contributed by atoms with E-state index in [0.717, 1.165) is 22.3 Å². The van der Waals surface area contributed by atoms with Crippen LogP contribution in [0.25, 0.3) is 44.5 Å². The van der Waals surface area contributed by atoms with Crippen LogP contribution in [0.15, 0.2) is 110 Å². The molecule has 11 heteroatoms. The molecule has 0 fully saturated rings. The molecule has 6 rings (SSSR count). The summed E-state index contributed by atoms with van der Waals surface area (Å²) in [6.07, 6.45) is 6.45. The van der Waals surface area contributed by atoms with Gasteiger partial charge in [-0.05, 0) is 81.9 Å². The van der Waals surface area contributed by atoms with Crippen molar-refractivity contribution in [2.75, 3.05) is 14.2 Å². The van der Waals surface area contributed by atoms with Crippen molar-refractivity contribution in [3.63, 3.8) is 0 Å². The molecule has 0 unspecified atom stereocenters. The van der Waals surface area contributed by atoms with Crippen molar-refractivity contribution in [2.24, 2.45) is 0 Å². The number of sulfone groups is 1. The van der Waals surface area contributed by atoms with Gasteiger partial charge in [-0.15, -0.1) is 0 Å². The topological polar surface area (TPSA) is 78.4 Å². The van der Waals surface area contributed by atoms with Gasteiger partial charge < -0.3 is 9.47 Å². The Kier molecular flexibility index (Phi) is 9.96. The van der Waals surface area contributed by atoms with Crippen molar-refractivity contribution in [3.05, 3.63) is 143 Å². The first-order valence-corrected chi connectivity index (χ1v) is 17.5. The van der Waals surface area contributed by atoms with Crippen LogP contribution in [0.3, 0.4) is 0 Å². The summed E-state index contributed by atoms with van der Waals surface area (Å²) in [6.45, 7) is 0. The molecule has 6 nitrogen and oxygen atoms in total. The summed E-state index contributed by atoms with van der Waals surface area (Å²) in [5.41, 5.74) is 5.30. The van der Waals surface area contributed by atoms with Crippen LogP contribution >= 0.6 is 23.2 Å². The Morgan fingerprint density at radius 1 is 0.571 bits per heavy atom. The number of methoxy groups -OCH3 is 2. The average Bonchev–Trinajstić information content (AvgIpc) is 3.10. The summed E-state index contributed by atoms with van der Waals surface area (Å²) in [6, 6.07) is 22.9. The highest BCUT2D eigenvalue weighted by atomic mass is 35.5. The van der Waals surface area contributed by atoms with Crippen molar-refractivity contribution < 1.29 is 26.7 Å². The third-order valence-corrected chi connectivity index (χ3v) is 10.2. The fourth-order valence-corrected chi connectivity index (χ4v) is 7.50. The maximum absolute atomic E-state index is 15.5. The summed E-state index contributed by atoms with van der Waals surface area (Å²) in [5.74, 6) is -1.66. The summed E-state index contributed by atoms with van der Waals surface area (Å²) in [7, 11) is -0.937. The predicted octanol–water partition coefficient (Wildman–Crippen LogP) is 9.86. The molecule has 0 bridgehead atoms. The number of nitrogens with zero attached hydrogens (tertiary/aromatic N) is 2. The van der Waals surface area contributed by atoms with Gasteiger partial charge in [-0.3, -0.25) is 9.97 Å². The second-order valence-electron chi connectivity index (χ2n) is 11.2. The van der Waals surface area contributed by atoms with Gasteiger partial charge in [0, 0.05) is 47.0 Å². The number of hydrogen-bond donors (Lipinski definition) is 0. The zero-order valence-electron chi connectivity index (χ0n) is 26.3. The van der Waals surface area contributed by atoms with E-state index in [4.69, 9.17) is 32.7 Å². The standard InChI is InChI=1S/C38H28Cl2F2N2O4S/c1-47-37-17-25(7-9-33(37)39)29-11-13-43-19-31(29)23-3-5-27(35(41)15-23)21-49(45,46)22-28-6-4-24(16-36(28)42)32-20-44-14-12-30(32)26-8-10-34(40)38(18-26)48-2/h3-20H,21-22H2,1-2H3. The van der Waals surface area contributed by atoms with Gasteiger partial charge in [0.1, 0.15) is 23.1 Å². The predicted molar refractivity (Wildman–Crippen MR) is 190 cm³/mol. The normalized spacial score (nSPS) is 11.4. The molecule has 0 saturated carbocycles. The molecular formula is C38H28Cl2F2N2O4S. The van der Waals surface area contributed by atoms with Gasteiger partial charge in [-0.1, -0.05) is 59.6 Å². The van der Waals surface area contributed by atoms with Crippen molar-refractivity contribution in [3.8, 4) is 56.0 Å². The first-order valence-electron chi connectivity index (χ1n) is 14.9. The quantitative estimate of drug-likeness (QED) is 0.140. The summed E-state index contributed by atoms with van der Waals surface area (Å²) >= 11 is 12.4. The maximum atomic E-state index is 15.5. The number of ether oxygens (including phenoxy) is 2. The van der Waals surface area contributed by atoms with E-state index in [1.807, 2.05) is 12.1 Å². The van der Waals surface area contributed by atoms with Crippen molar-refractivity contribution >= 4 is 33.0 Å².